The van der Waals surface area contributed by atoms with Crippen LogP contribution < -0.4 is 5.32 Å². The average Bonchev–Trinajstić information content (AvgIpc) is 3.57. The van der Waals surface area contributed by atoms with Crippen LogP contribution in [0.5, 0.6) is 0 Å². The van der Waals surface area contributed by atoms with Crippen LogP contribution in [0.2, 0.25) is 0 Å². The predicted molar refractivity (Wildman–Crippen MR) is 108 cm³/mol. The third-order valence-electron chi connectivity index (χ3n) is 5.28. The molecule has 2 aliphatic heterocycles. The van der Waals surface area contributed by atoms with Gasteiger partial charge in [-0.3, -0.25) is 14.5 Å². The first-order valence-electron chi connectivity index (χ1n) is 10.1. The standard InChI is InChI=1S/C21H28N4O5/c1-14(2)18(20(28)30-13-15-7-5-4-6-8-15)23(3)21(29)24-9-10-25(17(26)12-24)19(27)16-11-22-16/h4-8,14,16,18,22H,9-13H2,1-3H3/t16-,18+/m1/s1. The maximum Gasteiger partial charge on any atom is 0.329 e. The third-order valence-corrected chi connectivity index (χ3v) is 5.28. The summed E-state index contributed by atoms with van der Waals surface area (Å²) in [7, 11) is 1.53. The number of esters is 1. The highest BCUT2D eigenvalue weighted by Crippen LogP contribution is 2.17. The molecule has 0 spiro atoms. The summed E-state index contributed by atoms with van der Waals surface area (Å²) < 4.78 is 5.43. The minimum atomic E-state index is -0.786. The molecule has 9 heteroatoms. The van der Waals surface area contributed by atoms with Crippen molar-refractivity contribution < 1.29 is 23.9 Å². The summed E-state index contributed by atoms with van der Waals surface area (Å²) in [5.41, 5.74) is 0.860. The van der Waals surface area contributed by atoms with Crippen molar-refractivity contribution in [2.24, 2.45) is 5.92 Å². The molecule has 2 aliphatic rings. The van der Waals surface area contributed by atoms with E-state index in [2.05, 4.69) is 5.32 Å². The molecule has 0 saturated carbocycles. The highest BCUT2D eigenvalue weighted by atomic mass is 16.5. The van der Waals surface area contributed by atoms with Gasteiger partial charge in [-0.25, -0.2) is 9.59 Å². The summed E-state index contributed by atoms with van der Waals surface area (Å²) in [6.07, 6.45) is 0. The molecule has 30 heavy (non-hydrogen) atoms. The van der Waals surface area contributed by atoms with Crippen LogP contribution in [0.4, 0.5) is 4.79 Å². The Morgan fingerprint density at radius 3 is 2.43 bits per heavy atom. The molecule has 2 heterocycles. The van der Waals surface area contributed by atoms with Crippen LogP contribution in [-0.2, 0) is 25.7 Å². The number of nitrogens with one attached hydrogen (secondary N) is 1. The number of piperazine rings is 1. The number of ether oxygens (including phenoxy) is 1. The fraction of sp³-hybridized carbons (Fsp3) is 0.524. The molecule has 9 nitrogen and oxygen atoms in total. The summed E-state index contributed by atoms with van der Waals surface area (Å²) >= 11 is 0. The normalized spacial score (nSPS) is 19.5. The van der Waals surface area contributed by atoms with Crippen molar-refractivity contribution in [1.29, 1.82) is 0 Å². The minimum absolute atomic E-state index is 0.124. The van der Waals surface area contributed by atoms with Gasteiger partial charge in [0.1, 0.15) is 19.2 Å². The third kappa shape index (κ3) is 4.96. The Balaban J connectivity index is 1.59. The lowest BCUT2D eigenvalue weighted by molar-refractivity contribution is -0.151. The van der Waals surface area contributed by atoms with E-state index < -0.39 is 23.9 Å². The first-order chi connectivity index (χ1) is 14.3. The molecule has 3 rings (SSSR count). The number of rotatable bonds is 6. The number of hydrogen-bond acceptors (Lipinski definition) is 6. The number of imide groups is 1. The van der Waals surface area contributed by atoms with Crippen molar-refractivity contribution in [1.82, 2.24) is 20.0 Å². The summed E-state index contributed by atoms with van der Waals surface area (Å²) in [6, 6.07) is 7.81. The molecule has 0 aliphatic carbocycles. The zero-order valence-corrected chi connectivity index (χ0v) is 17.5. The van der Waals surface area contributed by atoms with E-state index >= 15 is 0 Å². The van der Waals surface area contributed by atoms with Crippen molar-refractivity contribution >= 4 is 23.8 Å². The quantitative estimate of drug-likeness (QED) is 0.410. The molecule has 2 fully saturated rings. The van der Waals surface area contributed by atoms with E-state index in [9.17, 15) is 19.2 Å². The summed E-state index contributed by atoms with van der Waals surface area (Å²) in [5.74, 6) is -1.33. The Morgan fingerprint density at radius 2 is 1.87 bits per heavy atom. The van der Waals surface area contributed by atoms with Crippen LogP contribution in [0, 0.1) is 5.92 Å². The highest BCUT2D eigenvalue weighted by Gasteiger charge is 2.40. The first kappa shape index (κ1) is 21.8. The lowest BCUT2D eigenvalue weighted by Gasteiger charge is -2.37. The van der Waals surface area contributed by atoms with Gasteiger partial charge in [0.15, 0.2) is 0 Å². The minimum Gasteiger partial charge on any atom is -0.459 e. The SMILES string of the molecule is CC(C)[C@@H](C(=O)OCc1ccccc1)N(C)C(=O)N1CCN(C(=O)[C@H]2CN2)C(=O)C1. The number of amides is 4. The molecular weight excluding hydrogens is 388 g/mol. The molecular formula is C21H28N4O5. The Labute approximate surface area is 175 Å². The van der Waals surface area contributed by atoms with Gasteiger partial charge in [0.2, 0.25) is 11.8 Å². The molecule has 0 radical (unpaired) electrons. The number of likely N-dealkylation sites (N-methyl/N-ethyl adjacent to an activating group) is 1. The smallest absolute Gasteiger partial charge is 0.329 e. The zero-order valence-electron chi connectivity index (χ0n) is 17.5. The van der Waals surface area contributed by atoms with Gasteiger partial charge in [-0.05, 0) is 11.5 Å². The topological polar surface area (TPSA) is 109 Å². The maximum absolute atomic E-state index is 13.0. The number of urea groups is 1. The van der Waals surface area contributed by atoms with Crippen LogP contribution in [0.3, 0.4) is 0 Å². The number of benzene rings is 1. The highest BCUT2D eigenvalue weighted by molar-refractivity contribution is 6.01. The largest absolute Gasteiger partial charge is 0.459 e. The molecule has 2 atom stereocenters. The number of carbonyl (C=O) groups is 4. The van der Waals surface area contributed by atoms with E-state index in [-0.39, 0.29) is 44.1 Å². The zero-order chi connectivity index (χ0) is 21.8. The predicted octanol–water partition coefficient (Wildman–Crippen LogP) is 0.449. The number of nitrogens with zero attached hydrogens (tertiary/aromatic N) is 3. The molecule has 0 unspecified atom stereocenters. The number of carbonyl (C=O) groups excluding carboxylic acids is 4. The molecule has 162 valence electrons. The van der Waals surface area contributed by atoms with Crippen LogP contribution in [0.15, 0.2) is 30.3 Å². The molecule has 1 N–H and O–H groups in total. The van der Waals surface area contributed by atoms with Gasteiger partial charge < -0.3 is 19.9 Å². The number of hydrogen-bond donors (Lipinski definition) is 1. The summed E-state index contributed by atoms with van der Waals surface area (Å²) in [4.78, 5) is 54.1. The van der Waals surface area contributed by atoms with Crippen LogP contribution in [0.1, 0.15) is 19.4 Å². The molecule has 1 aromatic carbocycles. The molecule has 2 saturated heterocycles. The fourth-order valence-corrected chi connectivity index (χ4v) is 3.52. The van der Waals surface area contributed by atoms with E-state index in [0.717, 1.165) is 5.56 Å². The second kappa shape index (κ2) is 9.25. The van der Waals surface area contributed by atoms with Crippen LogP contribution in [0.25, 0.3) is 0 Å². The Bertz CT molecular complexity index is 809. The lowest BCUT2D eigenvalue weighted by atomic mass is 10.0. The van der Waals surface area contributed by atoms with Crippen molar-refractivity contribution in [2.75, 3.05) is 33.2 Å². The van der Waals surface area contributed by atoms with E-state index in [0.29, 0.717) is 6.54 Å². The summed E-state index contributed by atoms with van der Waals surface area (Å²) in [5, 5.41) is 2.88. The van der Waals surface area contributed by atoms with Gasteiger partial charge in [0.25, 0.3) is 0 Å². The van der Waals surface area contributed by atoms with Gasteiger partial charge in [0, 0.05) is 26.7 Å². The van der Waals surface area contributed by atoms with Gasteiger partial charge in [-0.2, -0.15) is 0 Å². The Morgan fingerprint density at radius 1 is 1.20 bits per heavy atom. The van der Waals surface area contributed by atoms with Gasteiger partial charge in [0.05, 0.1) is 6.04 Å². The van der Waals surface area contributed by atoms with E-state index in [1.165, 1.54) is 21.7 Å². The molecule has 4 amide bonds. The van der Waals surface area contributed by atoms with Gasteiger partial charge >= 0.3 is 12.0 Å². The molecule has 0 aromatic heterocycles. The first-order valence-corrected chi connectivity index (χ1v) is 10.1. The second-order valence-corrected chi connectivity index (χ2v) is 7.94. The van der Waals surface area contributed by atoms with Crippen LogP contribution in [-0.4, -0.2) is 83.8 Å². The van der Waals surface area contributed by atoms with Crippen molar-refractivity contribution in [3.63, 3.8) is 0 Å². The van der Waals surface area contributed by atoms with E-state index in [4.69, 9.17) is 4.74 Å². The van der Waals surface area contributed by atoms with Crippen LogP contribution >= 0.6 is 0 Å². The Kier molecular flexibility index (Phi) is 6.71. The van der Waals surface area contributed by atoms with E-state index in [1.807, 2.05) is 44.2 Å². The lowest BCUT2D eigenvalue weighted by Crippen LogP contribution is -2.59. The maximum atomic E-state index is 13.0. The molecule has 1 aromatic rings. The monoisotopic (exact) mass is 416 g/mol. The fourth-order valence-electron chi connectivity index (χ4n) is 3.52. The van der Waals surface area contributed by atoms with Crippen molar-refractivity contribution in [2.45, 2.75) is 32.5 Å². The van der Waals surface area contributed by atoms with Gasteiger partial charge in [-0.1, -0.05) is 44.2 Å². The van der Waals surface area contributed by atoms with Crippen molar-refractivity contribution in [3.8, 4) is 0 Å². The summed E-state index contributed by atoms with van der Waals surface area (Å²) in [6.45, 7) is 4.57. The van der Waals surface area contributed by atoms with E-state index in [1.54, 1.807) is 0 Å². The second-order valence-electron chi connectivity index (χ2n) is 7.94. The Hall–Kier alpha value is -2.94. The molecule has 0 bridgehead atoms. The average molecular weight is 416 g/mol. The van der Waals surface area contributed by atoms with Gasteiger partial charge in [-0.15, -0.1) is 0 Å². The van der Waals surface area contributed by atoms with Crippen molar-refractivity contribution in [3.05, 3.63) is 35.9 Å².